The average molecular weight is 282 g/mol. The van der Waals surface area contributed by atoms with Crippen LogP contribution in [0.5, 0.6) is 0 Å². The third-order valence-corrected chi connectivity index (χ3v) is 5.66. The maximum atomic E-state index is 2.35. The van der Waals surface area contributed by atoms with Crippen LogP contribution in [0.1, 0.15) is 27.8 Å². The largest absolute Gasteiger partial charge is 0.0622 e. The SMILES string of the molecule is c1ccc(C23c4ccccc4CC2Cc2ccccc23)cc1. The summed E-state index contributed by atoms with van der Waals surface area (Å²) in [5.41, 5.74) is 7.63. The molecule has 0 saturated heterocycles. The van der Waals surface area contributed by atoms with Crippen molar-refractivity contribution in [3.05, 3.63) is 107 Å². The van der Waals surface area contributed by atoms with Gasteiger partial charge in [0.15, 0.2) is 0 Å². The molecule has 2 aliphatic rings. The fourth-order valence-electron chi connectivity index (χ4n) is 4.91. The van der Waals surface area contributed by atoms with Gasteiger partial charge in [0, 0.05) is 5.41 Å². The van der Waals surface area contributed by atoms with E-state index in [1.807, 2.05) is 0 Å². The Bertz CT molecular complexity index is 795. The maximum absolute atomic E-state index is 2.35. The molecule has 106 valence electrons. The normalized spacial score (nSPS) is 24.6. The van der Waals surface area contributed by atoms with E-state index in [1.54, 1.807) is 0 Å². The Kier molecular flexibility index (Phi) is 2.41. The molecule has 0 radical (unpaired) electrons. The van der Waals surface area contributed by atoms with Crippen LogP contribution in [0.3, 0.4) is 0 Å². The smallest absolute Gasteiger partial charge is 0.0491 e. The van der Waals surface area contributed by atoms with E-state index in [-0.39, 0.29) is 5.41 Å². The van der Waals surface area contributed by atoms with E-state index in [4.69, 9.17) is 0 Å². The molecule has 0 heteroatoms. The molecule has 2 aliphatic carbocycles. The lowest BCUT2D eigenvalue weighted by Gasteiger charge is -2.33. The quantitative estimate of drug-likeness (QED) is 0.604. The highest BCUT2D eigenvalue weighted by atomic mass is 14.5. The Morgan fingerprint density at radius 1 is 0.591 bits per heavy atom. The van der Waals surface area contributed by atoms with Gasteiger partial charge in [0.1, 0.15) is 0 Å². The van der Waals surface area contributed by atoms with E-state index in [0.29, 0.717) is 5.92 Å². The molecule has 0 N–H and O–H groups in total. The standard InChI is InChI=1S/C22H18/c1-2-10-18(11-3-1)22-19(14-16-8-4-6-12-20(16)22)15-17-9-5-7-13-21(17)22/h1-13,19H,14-15H2. The zero-order valence-electron chi connectivity index (χ0n) is 12.5. The summed E-state index contributed by atoms with van der Waals surface area (Å²) in [6.45, 7) is 0. The molecule has 0 unspecified atom stereocenters. The van der Waals surface area contributed by atoms with Gasteiger partial charge in [-0.25, -0.2) is 0 Å². The highest BCUT2D eigenvalue weighted by molar-refractivity contribution is 5.62. The Morgan fingerprint density at radius 3 is 1.68 bits per heavy atom. The fraction of sp³-hybridized carbons (Fsp3) is 0.182. The number of benzene rings is 3. The highest BCUT2D eigenvalue weighted by Gasteiger charge is 2.53. The molecular weight excluding hydrogens is 264 g/mol. The molecule has 0 bridgehead atoms. The summed E-state index contributed by atoms with van der Waals surface area (Å²) >= 11 is 0. The van der Waals surface area contributed by atoms with E-state index in [0.717, 1.165) is 0 Å². The predicted molar refractivity (Wildman–Crippen MR) is 90.1 cm³/mol. The molecule has 0 saturated carbocycles. The summed E-state index contributed by atoms with van der Waals surface area (Å²) < 4.78 is 0. The summed E-state index contributed by atoms with van der Waals surface area (Å²) in [6.07, 6.45) is 2.39. The molecule has 0 aliphatic heterocycles. The van der Waals surface area contributed by atoms with Crippen molar-refractivity contribution < 1.29 is 0 Å². The first kappa shape index (κ1) is 12.2. The maximum Gasteiger partial charge on any atom is 0.0491 e. The molecule has 0 aromatic heterocycles. The average Bonchev–Trinajstić information content (AvgIpc) is 3.07. The predicted octanol–water partition coefficient (Wildman–Crippen LogP) is 4.75. The summed E-state index contributed by atoms with van der Waals surface area (Å²) in [6, 6.07) is 29.2. The van der Waals surface area contributed by atoms with Crippen LogP contribution in [0, 0.1) is 5.92 Å². The highest BCUT2D eigenvalue weighted by Crippen LogP contribution is 2.58. The van der Waals surface area contributed by atoms with Gasteiger partial charge >= 0.3 is 0 Å². The van der Waals surface area contributed by atoms with Crippen LogP contribution in [0.4, 0.5) is 0 Å². The van der Waals surface area contributed by atoms with Crippen molar-refractivity contribution >= 4 is 0 Å². The summed E-state index contributed by atoms with van der Waals surface area (Å²) in [5, 5.41) is 0. The third-order valence-electron chi connectivity index (χ3n) is 5.66. The van der Waals surface area contributed by atoms with Crippen LogP contribution < -0.4 is 0 Å². The van der Waals surface area contributed by atoms with Gasteiger partial charge in [-0.05, 0) is 46.6 Å². The molecule has 3 aromatic rings. The summed E-state index contributed by atoms with van der Waals surface area (Å²) in [4.78, 5) is 0. The van der Waals surface area contributed by atoms with E-state index < -0.39 is 0 Å². The lowest BCUT2D eigenvalue weighted by molar-refractivity contribution is 0.444. The second-order valence-corrected chi connectivity index (χ2v) is 6.59. The van der Waals surface area contributed by atoms with E-state index in [2.05, 4.69) is 78.9 Å². The molecule has 0 atom stereocenters. The number of fused-ring (bicyclic) bond motifs is 5. The Balaban J connectivity index is 1.89. The molecule has 0 fully saturated rings. The van der Waals surface area contributed by atoms with Gasteiger partial charge in [-0.2, -0.15) is 0 Å². The van der Waals surface area contributed by atoms with E-state index >= 15 is 0 Å². The van der Waals surface area contributed by atoms with Crippen molar-refractivity contribution in [2.45, 2.75) is 18.3 Å². The van der Waals surface area contributed by atoms with Crippen molar-refractivity contribution in [1.82, 2.24) is 0 Å². The molecule has 5 rings (SSSR count). The second-order valence-electron chi connectivity index (χ2n) is 6.59. The molecule has 0 heterocycles. The third kappa shape index (κ3) is 1.38. The second kappa shape index (κ2) is 4.33. The van der Waals surface area contributed by atoms with Crippen molar-refractivity contribution in [2.75, 3.05) is 0 Å². The van der Waals surface area contributed by atoms with Crippen LogP contribution >= 0.6 is 0 Å². The van der Waals surface area contributed by atoms with Crippen LogP contribution in [0.2, 0.25) is 0 Å². The molecule has 0 amide bonds. The lowest BCUT2D eigenvalue weighted by atomic mass is 9.69. The van der Waals surface area contributed by atoms with Crippen LogP contribution in [-0.2, 0) is 18.3 Å². The zero-order valence-corrected chi connectivity index (χ0v) is 12.5. The Labute approximate surface area is 131 Å². The zero-order chi connectivity index (χ0) is 14.6. The van der Waals surface area contributed by atoms with Crippen LogP contribution in [0.25, 0.3) is 0 Å². The summed E-state index contributed by atoms with van der Waals surface area (Å²) in [7, 11) is 0. The van der Waals surface area contributed by atoms with Crippen LogP contribution in [0.15, 0.2) is 78.9 Å². The number of hydrogen-bond acceptors (Lipinski definition) is 0. The molecule has 0 nitrogen and oxygen atoms in total. The van der Waals surface area contributed by atoms with Crippen molar-refractivity contribution in [1.29, 1.82) is 0 Å². The summed E-state index contributed by atoms with van der Waals surface area (Å²) in [5.74, 6) is 0.657. The minimum absolute atomic E-state index is 0.0639. The fourth-order valence-corrected chi connectivity index (χ4v) is 4.91. The van der Waals surface area contributed by atoms with Crippen molar-refractivity contribution in [3.63, 3.8) is 0 Å². The molecular formula is C22H18. The number of rotatable bonds is 1. The first-order valence-corrected chi connectivity index (χ1v) is 8.13. The minimum Gasteiger partial charge on any atom is -0.0622 e. The van der Waals surface area contributed by atoms with Gasteiger partial charge in [-0.1, -0.05) is 78.9 Å². The first-order chi connectivity index (χ1) is 10.9. The van der Waals surface area contributed by atoms with Gasteiger partial charge < -0.3 is 0 Å². The topological polar surface area (TPSA) is 0 Å². The van der Waals surface area contributed by atoms with E-state index in [1.165, 1.54) is 40.7 Å². The molecule has 0 spiro atoms. The van der Waals surface area contributed by atoms with Crippen molar-refractivity contribution in [3.8, 4) is 0 Å². The van der Waals surface area contributed by atoms with Gasteiger partial charge in [0.25, 0.3) is 0 Å². The first-order valence-electron chi connectivity index (χ1n) is 8.13. The molecule has 22 heavy (non-hydrogen) atoms. The monoisotopic (exact) mass is 282 g/mol. The van der Waals surface area contributed by atoms with E-state index in [9.17, 15) is 0 Å². The van der Waals surface area contributed by atoms with Gasteiger partial charge in [-0.15, -0.1) is 0 Å². The van der Waals surface area contributed by atoms with Gasteiger partial charge in [0.05, 0.1) is 0 Å². The van der Waals surface area contributed by atoms with Gasteiger partial charge in [-0.3, -0.25) is 0 Å². The lowest BCUT2D eigenvalue weighted by Crippen LogP contribution is -2.30. The van der Waals surface area contributed by atoms with Crippen molar-refractivity contribution in [2.24, 2.45) is 5.92 Å². The van der Waals surface area contributed by atoms with Gasteiger partial charge in [0.2, 0.25) is 0 Å². The molecule has 3 aromatic carbocycles. The number of hydrogen-bond donors (Lipinski definition) is 0. The van der Waals surface area contributed by atoms with Crippen LogP contribution in [-0.4, -0.2) is 0 Å². The Morgan fingerprint density at radius 2 is 1.09 bits per heavy atom. The minimum atomic E-state index is 0.0639. The Hall–Kier alpha value is -2.34.